The lowest BCUT2D eigenvalue weighted by molar-refractivity contribution is -0.384. The number of carbonyl (C=O) groups is 1. The first kappa shape index (κ1) is 18.8. The fourth-order valence-electron chi connectivity index (χ4n) is 2.40. The van der Waals surface area contributed by atoms with E-state index in [2.05, 4.69) is 4.99 Å². The third kappa shape index (κ3) is 5.01. The van der Waals surface area contributed by atoms with Gasteiger partial charge in [-0.3, -0.25) is 15.1 Å². The second-order valence-corrected chi connectivity index (χ2v) is 5.89. The zero-order valence-electron chi connectivity index (χ0n) is 14.7. The van der Waals surface area contributed by atoms with Crippen LogP contribution in [0.1, 0.15) is 21.5 Å². The fourth-order valence-corrected chi connectivity index (χ4v) is 2.40. The maximum atomic E-state index is 10.9. The van der Waals surface area contributed by atoms with E-state index in [1.807, 2.05) is 24.3 Å². The van der Waals surface area contributed by atoms with Crippen molar-refractivity contribution in [1.82, 2.24) is 0 Å². The third-order valence-electron chi connectivity index (χ3n) is 3.89. The Kier molecular flexibility index (Phi) is 5.76. The SMILES string of the molecule is O=C(O)c1ccc(COc2cccc(C=Nc3ccc([N+](=O)[O-])cc3)c2)cc1. The van der Waals surface area contributed by atoms with Crippen LogP contribution >= 0.6 is 0 Å². The number of rotatable bonds is 7. The molecule has 0 aliphatic rings. The van der Waals surface area contributed by atoms with Gasteiger partial charge >= 0.3 is 5.97 Å². The van der Waals surface area contributed by atoms with E-state index in [1.54, 1.807) is 30.5 Å². The number of carboxylic acid groups (broad SMARTS) is 1. The second kappa shape index (κ2) is 8.59. The number of aromatic carboxylic acids is 1. The van der Waals surface area contributed by atoms with E-state index in [0.717, 1.165) is 11.1 Å². The molecule has 3 rings (SSSR count). The molecule has 0 amide bonds. The van der Waals surface area contributed by atoms with E-state index < -0.39 is 10.9 Å². The largest absolute Gasteiger partial charge is 0.489 e. The molecule has 3 aromatic carbocycles. The summed E-state index contributed by atoms with van der Waals surface area (Å²) in [7, 11) is 0. The van der Waals surface area contributed by atoms with Crippen LogP contribution in [0.5, 0.6) is 5.75 Å². The maximum Gasteiger partial charge on any atom is 0.335 e. The summed E-state index contributed by atoms with van der Waals surface area (Å²) in [5.74, 6) is -0.317. The molecule has 0 aliphatic heterocycles. The number of non-ortho nitro benzene ring substituents is 1. The molecule has 0 bridgehead atoms. The summed E-state index contributed by atoms with van der Waals surface area (Å²) in [6.07, 6.45) is 1.65. The lowest BCUT2D eigenvalue weighted by Gasteiger charge is -2.07. The highest BCUT2D eigenvalue weighted by Crippen LogP contribution is 2.19. The number of carboxylic acids is 1. The first-order valence-corrected chi connectivity index (χ1v) is 8.35. The van der Waals surface area contributed by atoms with Gasteiger partial charge in [0.25, 0.3) is 5.69 Å². The van der Waals surface area contributed by atoms with Crippen LogP contribution in [0, 0.1) is 10.1 Å². The van der Waals surface area contributed by atoms with Crippen molar-refractivity contribution in [2.45, 2.75) is 6.61 Å². The van der Waals surface area contributed by atoms with Crippen LogP contribution in [0.25, 0.3) is 0 Å². The Morgan fingerprint density at radius 3 is 2.43 bits per heavy atom. The van der Waals surface area contributed by atoms with Gasteiger partial charge in [-0.1, -0.05) is 24.3 Å². The molecular formula is C21H16N2O5. The summed E-state index contributed by atoms with van der Waals surface area (Å²) in [6, 6.07) is 19.8. The van der Waals surface area contributed by atoms with Crippen molar-refractivity contribution in [3.05, 3.63) is 99.6 Å². The first-order chi connectivity index (χ1) is 13.5. The van der Waals surface area contributed by atoms with Crippen LogP contribution in [0.3, 0.4) is 0 Å². The summed E-state index contributed by atoms with van der Waals surface area (Å²) in [6.45, 7) is 0.308. The van der Waals surface area contributed by atoms with Gasteiger partial charge in [0, 0.05) is 18.3 Å². The van der Waals surface area contributed by atoms with Crippen molar-refractivity contribution in [2.24, 2.45) is 4.99 Å². The molecule has 0 heterocycles. The van der Waals surface area contributed by atoms with Crippen LogP contribution in [0.15, 0.2) is 77.8 Å². The lowest BCUT2D eigenvalue weighted by atomic mass is 10.1. The molecule has 140 valence electrons. The molecule has 7 nitrogen and oxygen atoms in total. The van der Waals surface area contributed by atoms with Crippen LogP contribution < -0.4 is 4.74 Å². The fraction of sp³-hybridized carbons (Fsp3) is 0.0476. The average molecular weight is 376 g/mol. The van der Waals surface area contributed by atoms with Crippen LogP contribution in [-0.2, 0) is 6.61 Å². The third-order valence-corrected chi connectivity index (χ3v) is 3.89. The van der Waals surface area contributed by atoms with Crippen molar-refractivity contribution >= 4 is 23.6 Å². The molecule has 28 heavy (non-hydrogen) atoms. The molecule has 0 saturated heterocycles. The van der Waals surface area contributed by atoms with Crippen molar-refractivity contribution in [3.63, 3.8) is 0 Å². The molecule has 0 atom stereocenters. The molecule has 0 saturated carbocycles. The summed E-state index contributed by atoms with van der Waals surface area (Å²) in [5.41, 5.74) is 2.53. The van der Waals surface area contributed by atoms with E-state index >= 15 is 0 Å². The van der Waals surface area contributed by atoms with E-state index in [1.165, 1.54) is 24.3 Å². The highest BCUT2D eigenvalue weighted by molar-refractivity contribution is 5.87. The van der Waals surface area contributed by atoms with Gasteiger partial charge in [0.2, 0.25) is 0 Å². The van der Waals surface area contributed by atoms with Gasteiger partial charge in [-0.05, 0) is 47.5 Å². The zero-order valence-corrected chi connectivity index (χ0v) is 14.7. The Balaban J connectivity index is 1.63. The number of nitro benzene ring substituents is 1. The standard InChI is InChI=1S/C21H16N2O5/c24-21(25)17-6-4-15(5-7-17)14-28-20-3-1-2-16(12-20)13-22-18-8-10-19(11-9-18)23(26)27/h1-13H,14H2,(H,24,25). The van der Waals surface area contributed by atoms with Crippen LogP contribution in [0.4, 0.5) is 11.4 Å². The monoisotopic (exact) mass is 376 g/mol. The Bertz CT molecular complexity index is 1010. The van der Waals surface area contributed by atoms with E-state index in [4.69, 9.17) is 9.84 Å². The molecule has 0 spiro atoms. The molecular weight excluding hydrogens is 360 g/mol. The molecule has 1 N–H and O–H groups in total. The Hall–Kier alpha value is -4.00. The minimum absolute atomic E-state index is 0.0192. The predicted molar refractivity (Wildman–Crippen MR) is 105 cm³/mol. The quantitative estimate of drug-likeness (QED) is 0.368. The minimum Gasteiger partial charge on any atom is -0.489 e. The van der Waals surface area contributed by atoms with Crippen molar-refractivity contribution in [1.29, 1.82) is 0 Å². The molecule has 0 aromatic heterocycles. The summed E-state index contributed by atoms with van der Waals surface area (Å²) in [4.78, 5) is 25.4. The van der Waals surface area contributed by atoms with Gasteiger partial charge in [0.15, 0.2) is 0 Å². The normalized spacial score (nSPS) is 10.7. The number of hydrogen-bond donors (Lipinski definition) is 1. The first-order valence-electron chi connectivity index (χ1n) is 8.35. The average Bonchev–Trinajstić information content (AvgIpc) is 2.71. The molecule has 0 radical (unpaired) electrons. The Labute approximate surface area is 160 Å². The number of ether oxygens (including phenoxy) is 1. The van der Waals surface area contributed by atoms with Crippen molar-refractivity contribution < 1.29 is 19.6 Å². The number of nitrogens with zero attached hydrogens (tertiary/aromatic N) is 2. The summed E-state index contributed by atoms with van der Waals surface area (Å²) in [5, 5.41) is 19.6. The zero-order chi connectivity index (χ0) is 19.9. The number of hydrogen-bond acceptors (Lipinski definition) is 5. The van der Waals surface area contributed by atoms with Crippen molar-refractivity contribution in [2.75, 3.05) is 0 Å². The molecule has 0 fully saturated rings. The van der Waals surface area contributed by atoms with Crippen LogP contribution in [0.2, 0.25) is 0 Å². The van der Waals surface area contributed by atoms with E-state index in [-0.39, 0.29) is 11.3 Å². The number of aliphatic imine (C=N–C) groups is 1. The lowest BCUT2D eigenvalue weighted by Crippen LogP contribution is -1.99. The predicted octanol–water partition coefficient (Wildman–Crippen LogP) is 4.62. The van der Waals surface area contributed by atoms with Crippen LogP contribution in [-0.4, -0.2) is 22.2 Å². The van der Waals surface area contributed by atoms with Gasteiger partial charge in [0.05, 0.1) is 16.2 Å². The van der Waals surface area contributed by atoms with E-state index in [9.17, 15) is 14.9 Å². The number of benzene rings is 3. The topological polar surface area (TPSA) is 102 Å². The van der Waals surface area contributed by atoms with Gasteiger partial charge in [-0.2, -0.15) is 0 Å². The molecule has 0 aliphatic carbocycles. The molecule has 3 aromatic rings. The van der Waals surface area contributed by atoms with Crippen molar-refractivity contribution in [3.8, 4) is 5.75 Å². The molecule has 7 heteroatoms. The smallest absolute Gasteiger partial charge is 0.335 e. The van der Waals surface area contributed by atoms with E-state index in [0.29, 0.717) is 18.0 Å². The maximum absolute atomic E-state index is 10.9. The Morgan fingerprint density at radius 1 is 1.07 bits per heavy atom. The van der Waals surface area contributed by atoms with Gasteiger partial charge in [-0.25, -0.2) is 4.79 Å². The molecule has 0 unspecified atom stereocenters. The highest BCUT2D eigenvalue weighted by Gasteiger charge is 2.04. The second-order valence-electron chi connectivity index (χ2n) is 5.89. The van der Waals surface area contributed by atoms with Gasteiger partial charge in [-0.15, -0.1) is 0 Å². The van der Waals surface area contributed by atoms with Gasteiger partial charge < -0.3 is 9.84 Å². The Morgan fingerprint density at radius 2 is 1.79 bits per heavy atom. The summed E-state index contributed by atoms with van der Waals surface area (Å²) < 4.78 is 5.74. The summed E-state index contributed by atoms with van der Waals surface area (Å²) >= 11 is 0. The minimum atomic E-state index is -0.965. The van der Waals surface area contributed by atoms with Gasteiger partial charge in [0.1, 0.15) is 12.4 Å². The number of nitro groups is 1. The highest BCUT2D eigenvalue weighted by atomic mass is 16.6.